The number of nitriles is 1. The number of hydrogen-bond donors (Lipinski definition) is 2. The highest BCUT2D eigenvalue weighted by Gasteiger charge is 2.15. The lowest BCUT2D eigenvalue weighted by Gasteiger charge is -2.16. The van der Waals surface area contributed by atoms with Gasteiger partial charge in [0.15, 0.2) is 11.5 Å². The second-order valence-corrected chi connectivity index (χ2v) is 9.54. The van der Waals surface area contributed by atoms with E-state index in [4.69, 9.17) is 9.47 Å². The first-order valence-corrected chi connectivity index (χ1v) is 12.7. The molecule has 2 heterocycles. The summed E-state index contributed by atoms with van der Waals surface area (Å²) >= 11 is 0. The molecule has 204 valence electrons. The molecule has 9 nitrogen and oxygen atoms in total. The first kappa shape index (κ1) is 28.1. The molecular formula is C31H32N6O3. The molecule has 0 bridgehead atoms. The van der Waals surface area contributed by atoms with Gasteiger partial charge >= 0.3 is 0 Å². The summed E-state index contributed by atoms with van der Waals surface area (Å²) in [4.78, 5) is 23.3. The van der Waals surface area contributed by atoms with Crippen molar-refractivity contribution < 1.29 is 14.3 Å². The van der Waals surface area contributed by atoms with Gasteiger partial charge in [0.1, 0.15) is 12.7 Å². The molecule has 0 aliphatic heterocycles. The predicted octanol–water partition coefficient (Wildman–Crippen LogP) is 5.51. The highest BCUT2D eigenvalue weighted by Crippen LogP contribution is 2.36. The van der Waals surface area contributed by atoms with Crippen LogP contribution in [0.5, 0.6) is 11.5 Å². The van der Waals surface area contributed by atoms with E-state index in [1.54, 1.807) is 25.4 Å². The number of anilines is 3. The van der Waals surface area contributed by atoms with E-state index in [0.29, 0.717) is 58.2 Å². The molecule has 0 atom stereocenters. The maximum atomic E-state index is 12.5. The van der Waals surface area contributed by atoms with Gasteiger partial charge in [0, 0.05) is 47.8 Å². The molecule has 0 radical (unpaired) electrons. The molecule has 2 aromatic carbocycles. The number of carbonyl (C=O) groups excluding carboxylic acids is 1. The molecule has 0 aliphatic carbocycles. The third kappa shape index (κ3) is 6.73. The molecule has 4 rings (SSSR count). The summed E-state index contributed by atoms with van der Waals surface area (Å²) in [7, 11) is 5.44. The number of benzene rings is 2. The van der Waals surface area contributed by atoms with E-state index < -0.39 is 0 Å². The number of fused-ring (bicyclic) bond motifs is 1. The number of rotatable bonds is 10. The summed E-state index contributed by atoms with van der Waals surface area (Å²) in [5.41, 5.74) is 5.71. The molecule has 2 N–H and O–H groups in total. The molecule has 0 saturated heterocycles. The third-order valence-electron chi connectivity index (χ3n) is 6.25. The van der Waals surface area contributed by atoms with E-state index >= 15 is 0 Å². The zero-order valence-electron chi connectivity index (χ0n) is 23.3. The normalized spacial score (nSPS) is 11.0. The van der Waals surface area contributed by atoms with Crippen LogP contribution in [0.25, 0.3) is 10.9 Å². The van der Waals surface area contributed by atoms with Crippen molar-refractivity contribution in [1.29, 1.82) is 5.26 Å². The standard InChI is InChI=1S/C31H32N6O3/c1-20-8-6-12-33-27(20)19-40-28-11-10-23(15-29(28)39-5)35-31-22(17-32)18-34-26-14-21(2)25(16-24(26)31)36-30(38)9-7-13-37(3)4/h6-12,14-16,18H,13,19H2,1-5H3,(H,34,35)(H,36,38)/b9-7+. The Morgan fingerprint density at radius 3 is 2.65 bits per heavy atom. The number of hydrogen-bond acceptors (Lipinski definition) is 8. The fourth-order valence-corrected chi connectivity index (χ4v) is 4.07. The van der Waals surface area contributed by atoms with Crippen LogP contribution in [-0.2, 0) is 11.4 Å². The lowest BCUT2D eigenvalue weighted by molar-refractivity contribution is -0.111. The Labute approximate surface area is 234 Å². The number of nitrogens with zero attached hydrogens (tertiary/aromatic N) is 4. The van der Waals surface area contributed by atoms with Crippen LogP contribution in [0.15, 0.2) is 67.0 Å². The maximum absolute atomic E-state index is 12.5. The average Bonchev–Trinajstić information content (AvgIpc) is 2.93. The van der Waals surface area contributed by atoms with Crippen LogP contribution in [0, 0.1) is 25.2 Å². The zero-order chi connectivity index (χ0) is 28.6. The fraction of sp³-hybridized carbons (Fsp3) is 0.226. The topological polar surface area (TPSA) is 112 Å². The number of aryl methyl sites for hydroxylation is 2. The molecule has 1 amide bonds. The molecule has 0 unspecified atom stereocenters. The lowest BCUT2D eigenvalue weighted by atomic mass is 10.1. The monoisotopic (exact) mass is 536 g/mol. The Morgan fingerprint density at radius 1 is 1.10 bits per heavy atom. The smallest absolute Gasteiger partial charge is 0.248 e. The minimum Gasteiger partial charge on any atom is -0.493 e. The van der Waals surface area contributed by atoms with Gasteiger partial charge in [-0.05, 0) is 69.4 Å². The van der Waals surface area contributed by atoms with Crippen molar-refractivity contribution in [3.05, 3.63) is 89.4 Å². The van der Waals surface area contributed by atoms with E-state index in [1.165, 1.54) is 12.3 Å². The highest BCUT2D eigenvalue weighted by atomic mass is 16.5. The number of carbonyl (C=O) groups is 1. The van der Waals surface area contributed by atoms with Crippen molar-refractivity contribution in [2.75, 3.05) is 38.4 Å². The quantitative estimate of drug-likeness (QED) is 0.255. The Morgan fingerprint density at radius 2 is 1.93 bits per heavy atom. The van der Waals surface area contributed by atoms with Gasteiger partial charge in [-0.3, -0.25) is 14.8 Å². The maximum Gasteiger partial charge on any atom is 0.248 e. The minimum atomic E-state index is -0.232. The predicted molar refractivity (Wildman–Crippen MR) is 157 cm³/mol. The highest BCUT2D eigenvalue weighted by molar-refractivity contribution is 6.04. The summed E-state index contributed by atoms with van der Waals surface area (Å²) in [6, 6.07) is 15.3. The summed E-state index contributed by atoms with van der Waals surface area (Å²) in [6.07, 6.45) is 6.59. The Kier molecular flexibility index (Phi) is 8.94. The van der Waals surface area contributed by atoms with Gasteiger partial charge in [-0.15, -0.1) is 0 Å². The fourth-order valence-electron chi connectivity index (χ4n) is 4.07. The van der Waals surface area contributed by atoms with Crippen LogP contribution in [0.3, 0.4) is 0 Å². The van der Waals surface area contributed by atoms with E-state index in [2.05, 4.69) is 26.7 Å². The van der Waals surface area contributed by atoms with Crippen LogP contribution in [0.2, 0.25) is 0 Å². The van der Waals surface area contributed by atoms with Gasteiger partial charge in [0.05, 0.1) is 29.6 Å². The third-order valence-corrected chi connectivity index (χ3v) is 6.25. The molecule has 2 aromatic heterocycles. The number of aromatic nitrogens is 2. The van der Waals surface area contributed by atoms with Crippen molar-refractivity contribution >= 4 is 33.9 Å². The Balaban J connectivity index is 1.63. The Bertz CT molecular complexity index is 1610. The van der Waals surface area contributed by atoms with Crippen molar-refractivity contribution in [2.45, 2.75) is 20.5 Å². The summed E-state index contributed by atoms with van der Waals surface area (Å²) in [5, 5.41) is 16.8. The van der Waals surface area contributed by atoms with Crippen LogP contribution in [-0.4, -0.2) is 48.5 Å². The number of nitrogens with one attached hydrogen (secondary N) is 2. The largest absolute Gasteiger partial charge is 0.493 e. The molecule has 0 saturated carbocycles. The average molecular weight is 537 g/mol. The SMILES string of the molecule is COc1cc(Nc2c(C#N)cnc3cc(C)c(NC(=O)/C=C/CN(C)C)cc23)ccc1OCc1ncccc1C. The second-order valence-electron chi connectivity index (χ2n) is 9.54. The van der Waals surface area contributed by atoms with E-state index in [0.717, 1.165) is 16.8 Å². The van der Waals surface area contributed by atoms with Crippen molar-refractivity contribution in [2.24, 2.45) is 0 Å². The van der Waals surface area contributed by atoms with Crippen LogP contribution >= 0.6 is 0 Å². The number of methoxy groups -OCH3 is 1. The van der Waals surface area contributed by atoms with Crippen molar-refractivity contribution in [3.63, 3.8) is 0 Å². The zero-order valence-corrected chi connectivity index (χ0v) is 23.3. The van der Waals surface area contributed by atoms with Gasteiger partial charge in [-0.2, -0.15) is 5.26 Å². The van der Waals surface area contributed by atoms with Crippen molar-refractivity contribution in [1.82, 2.24) is 14.9 Å². The van der Waals surface area contributed by atoms with E-state index in [1.807, 2.05) is 69.2 Å². The molecule has 0 fully saturated rings. The second kappa shape index (κ2) is 12.7. The van der Waals surface area contributed by atoms with Crippen LogP contribution in [0.4, 0.5) is 17.1 Å². The van der Waals surface area contributed by atoms with Gasteiger partial charge < -0.3 is 25.0 Å². The number of ether oxygens (including phenoxy) is 2. The molecule has 4 aromatic rings. The molecule has 0 aliphatic rings. The first-order chi connectivity index (χ1) is 19.3. The summed E-state index contributed by atoms with van der Waals surface area (Å²) < 4.78 is 11.6. The van der Waals surface area contributed by atoms with Gasteiger partial charge in [-0.1, -0.05) is 12.1 Å². The van der Waals surface area contributed by atoms with E-state index in [9.17, 15) is 10.1 Å². The molecular weight excluding hydrogens is 504 g/mol. The van der Waals surface area contributed by atoms with Crippen molar-refractivity contribution in [3.8, 4) is 17.6 Å². The summed E-state index contributed by atoms with van der Waals surface area (Å²) in [6.45, 7) is 4.86. The van der Waals surface area contributed by atoms with E-state index in [-0.39, 0.29) is 5.91 Å². The summed E-state index contributed by atoms with van der Waals surface area (Å²) in [5.74, 6) is 0.870. The first-order valence-electron chi connectivity index (χ1n) is 12.7. The molecule has 9 heteroatoms. The van der Waals surface area contributed by atoms with Crippen LogP contribution in [0.1, 0.15) is 22.4 Å². The van der Waals surface area contributed by atoms with Gasteiger partial charge in [0.25, 0.3) is 0 Å². The Hall–Kier alpha value is -4.94. The number of pyridine rings is 2. The van der Waals surface area contributed by atoms with Crippen LogP contribution < -0.4 is 20.1 Å². The van der Waals surface area contributed by atoms with Gasteiger partial charge in [0.2, 0.25) is 5.91 Å². The minimum absolute atomic E-state index is 0.232. The molecule has 0 spiro atoms. The van der Waals surface area contributed by atoms with Gasteiger partial charge in [-0.25, -0.2) is 0 Å². The lowest BCUT2D eigenvalue weighted by Crippen LogP contribution is -2.13. The molecule has 40 heavy (non-hydrogen) atoms. The number of likely N-dealkylation sites (N-methyl/N-ethyl adjacent to an activating group) is 1. The number of amides is 1.